The van der Waals surface area contributed by atoms with E-state index in [4.69, 9.17) is 5.73 Å². The average molecular weight is 216 g/mol. The number of azo groups is 1. The van der Waals surface area contributed by atoms with Gasteiger partial charge in [0, 0.05) is 10.8 Å². The number of hydrogen-bond donors (Lipinski definition) is 2. The van der Waals surface area contributed by atoms with E-state index in [1.54, 1.807) is 12.1 Å². The van der Waals surface area contributed by atoms with Crippen molar-refractivity contribution in [1.82, 2.24) is 4.98 Å². The molecule has 3 N–H and O–H groups in total. The highest BCUT2D eigenvalue weighted by atomic mass is 15.3. The number of nitrogens with zero attached hydrogens (tertiary/aromatic N) is 3. The van der Waals surface area contributed by atoms with Crippen molar-refractivity contribution in [3.05, 3.63) is 36.2 Å². The van der Waals surface area contributed by atoms with Gasteiger partial charge in [0.25, 0.3) is 0 Å². The van der Waals surface area contributed by atoms with Gasteiger partial charge in [0.1, 0.15) is 11.4 Å². The van der Waals surface area contributed by atoms with Crippen LogP contribution in [-0.4, -0.2) is 4.98 Å². The zero-order chi connectivity index (χ0) is 11.5. The lowest BCUT2D eigenvalue weighted by atomic mass is 10.3. The summed E-state index contributed by atoms with van der Waals surface area (Å²) in [5.41, 5.74) is 8.18. The SMILES string of the molecule is Cc1c[nH]c(N=Nc2ccc(N)cc2)[n+]1C. The van der Waals surface area contributed by atoms with Gasteiger partial charge in [-0.3, -0.25) is 0 Å². The third-order valence-corrected chi connectivity index (χ3v) is 2.41. The van der Waals surface area contributed by atoms with Gasteiger partial charge in [-0.15, -0.1) is 0 Å². The van der Waals surface area contributed by atoms with Gasteiger partial charge in [0.15, 0.2) is 0 Å². The van der Waals surface area contributed by atoms with Crippen LogP contribution >= 0.6 is 0 Å². The van der Waals surface area contributed by atoms with Gasteiger partial charge < -0.3 is 5.73 Å². The van der Waals surface area contributed by atoms with Crippen LogP contribution in [0.1, 0.15) is 5.69 Å². The molecule has 0 fully saturated rings. The van der Waals surface area contributed by atoms with Crippen LogP contribution in [0.25, 0.3) is 0 Å². The lowest BCUT2D eigenvalue weighted by molar-refractivity contribution is -0.663. The predicted molar refractivity (Wildman–Crippen MR) is 61.7 cm³/mol. The molecule has 82 valence electrons. The second kappa shape index (κ2) is 4.14. The van der Waals surface area contributed by atoms with Crippen LogP contribution < -0.4 is 10.3 Å². The lowest BCUT2D eigenvalue weighted by Gasteiger charge is -1.91. The van der Waals surface area contributed by atoms with Crippen molar-refractivity contribution in [2.45, 2.75) is 6.92 Å². The van der Waals surface area contributed by atoms with E-state index in [-0.39, 0.29) is 0 Å². The Bertz CT molecular complexity index is 510. The summed E-state index contributed by atoms with van der Waals surface area (Å²) in [6.45, 7) is 2.00. The van der Waals surface area contributed by atoms with E-state index < -0.39 is 0 Å². The van der Waals surface area contributed by atoms with Gasteiger partial charge in [-0.25, -0.2) is 9.55 Å². The first-order chi connectivity index (χ1) is 7.66. The minimum Gasteiger partial charge on any atom is -0.399 e. The number of imidazole rings is 1. The molecule has 5 nitrogen and oxygen atoms in total. The van der Waals surface area contributed by atoms with E-state index in [0.717, 1.165) is 17.1 Å². The number of hydrogen-bond acceptors (Lipinski definition) is 3. The van der Waals surface area contributed by atoms with E-state index in [0.29, 0.717) is 5.95 Å². The molecule has 0 aliphatic heterocycles. The molecule has 1 aromatic heterocycles. The second-order valence-corrected chi connectivity index (χ2v) is 3.60. The number of nitrogens with one attached hydrogen (secondary N) is 1. The number of benzene rings is 1. The highest BCUT2D eigenvalue weighted by molar-refractivity contribution is 5.47. The van der Waals surface area contributed by atoms with Crippen molar-refractivity contribution in [2.75, 3.05) is 5.73 Å². The Hall–Kier alpha value is -2.17. The molecule has 1 heterocycles. The Morgan fingerprint density at radius 2 is 1.88 bits per heavy atom. The number of aromatic nitrogens is 2. The molecule has 16 heavy (non-hydrogen) atoms. The third kappa shape index (κ3) is 2.08. The van der Waals surface area contributed by atoms with Gasteiger partial charge in [-0.2, -0.15) is 0 Å². The van der Waals surface area contributed by atoms with E-state index in [1.165, 1.54) is 0 Å². The molecule has 0 amide bonds. The largest absolute Gasteiger partial charge is 0.419 e. The van der Waals surface area contributed by atoms with Crippen molar-refractivity contribution in [3.63, 3.8) is 0 Å². The maximum Gasteiger partial charge on any atom is 0.419 e. The summed E-state index contributed by atoms with van der Waals surface area (Å²) in [5, 5.41) is 8.23. The fourth-order valence-electron chi connectivity index (χ4n) is 1.27. The summed E-state index contributed by atoms with van der Waals surface area (Å²) in [5.74, 6) is 0.717. The van der Waals surface area contributed by atoms with Crippen LogP contribution in [0.2, 0.25) is 0 Å². The zero-order valence-electron chi connectivity index (χ0n) is 9.31. The van der Waals surface area contributed by atoms with E-state index in [1.807, 2.05) is 36.9 Å². The maximum atomic E-state index is 5.58. The lowest BCUT2D eigenvalue weighted by Crippen LogP contribution is -2.28. The Kier molecular flexibility index (Phi) is 2.68. The van der Waals surface area contributed by atoms with Gasteiger partial charge in [-0.05, 0) is 31.2 Å². The van der Waals surface area contributed by atoms with Gasteiger partial charge in [-0.1, -0.05) is 5.11 Å². The molecule has 0 aliphatic rings. The number of nitrogen functional groups attached to an aromatic ring is 1. The molecular formula is C11H14N5+. The molecule has 0 radical (unpaired) electrons. The first kappa shape index (κ1) is 10.4. The van der Waals surface area contributed by atoms with Crippen molar-refractivity contribution < 1.29 is 4.57 Å². The smallest absolute Gasteiger partial charge is 0.399 e. The van der Waals surface area contributed by atoms with E-state index in [2.05, 4.69) is 15.2 Å². The zero-order valence-corrected chi connectivity index (χ0v) is 9.31. The van der Waals surface area contributed by atoms with E-state index in [9.17, 15) is 0 Å². The van der Waals surface area contributed by atoms with Crippen LogP contribution in [0, 0.1) is 6.92 Å². The molecule has 0 saturated carbocycles. The van der Waals surface area contributed by atoms with Gasteiger partial charge in [0.05, 0.1) is 13.2 Å². The summed E-state index contributed by atoms with van der Waals surface area (Å²) < 4.78 is 1.93. The van der Waals surface area contributed by atoms with Crippen molar-refractivity contribution >= 4 is 17.3 Å². The molecule has 0 aliphatic carbocycles. The van der Waals surface area contributed by atoms with Crippen molar-refractivity contribution in [1.29, 1.82) is 0 Å². The fourth-order valence-corrected chi connectivity index (χ4v) is 1.27. The summed E-state index contributed by atoms with van der Waals surface area (Å²) in [6, 6.07) is 7.26. The Morgan fingerprint density at radius 3 is 2.44 bits per heavy atom. The predicted octanol–water partition coefficient (Wildman–Crippen LogP) is 2.15. The third-order valence-electron chi connectivity index (χ3n) is 2.41. The van der Waals surface area contributed by atoms with Crippen LogP contribution in [0.3, 0.4) is 0 Å². The van der Waals surface area contributed by atoms with Crippen molar-refractivity contribution in [2.24, 2.45) is 17.3 Å². The van der Waals surface area contributed by atoms with Crippen LogP contribution in [0.15, 0.2) is 40.7 Å². The Morgan fingerprint density at radius 1 is 1.19 bits per heavy atom. The second-order valence-electron chi connectivity index (χ2n) is 3.60. The molecule has 1 aromatic carbocycles. The highest BCUT2D eigenvalue weighted by Gasteiger charge is 2.09. The van der Waals surface area contributed by atoms with E-state index >= 15 is 0 Å². The standard InChI is InChI=1S/C11H13N5/c1-8-7-13-11(16(8)2)15-14-10-5-3-9(12)4-6-10/h3-7H,1-2H3,(H2,12,13,15)/p+1. The number of H-pyrrole nitrogens is 1. The van der Waals surface area contributed by atoms with Crippen molar-refractivity contribution in [3.8, 4) is 0 Å². The molecule has 0 atom stereocenters. The maximum absolute atomic E-state index is 5.58. The molecule has 0 unspecified atom stereocenters. The monoisotopic (exact) mass is 216 g/mol. The number of anilines is 1. The quantitative estimate of drug-likeness (QED) is 0.450. The molecule has 2 aromatic rings. The molecule has 0 saturated heterocycles. The number of aryl methyl sites for hydroxylation is 1. The fraction of sp³-hybridized carbons (Fsp3) is 0.182. The highest BCUT2D eigenvalue weighted by Crippen LogP contribution is 2.16. The first-order valence-electron chi connectivity index (χ1n) is 4.98. The van der Waals surface area contributed by atoms with Crippen LogP contribution in [-0.2, 0) is 7.05 Å². The number of nitrogens with two attached hydrogens (primary N) is 1. The summed E-state index contributed by atoms with van der Waals surface area (Å²) in [7, 11) is 1.93. The molecule has 0 spiro atoms. The van der Waals surface area contributed by atoms with Gasteiger partial charge >= 0.3 is 5.95 Å². The Balaban J connectivity index is 2.21. The summed E-state index contributed by atoms with van der Waals surface area (Å²) in [4.78, 5) is 3.03. The summed E-state index contributed by atoms with van der Waals surface area (Å²) in [6.07, 6.45) is 1.89. The average Bonchev–Trinajstić information content (AvgIpc) is 2.60. The normalized spacial score (nSPS) is 11.1. The number of aromatic amines is 1. The minimum atomic E-state index is 0.717. The molecule has 2 rings (SSSR count). The van der Waals surface area contributed by atoms with Crippen LogP contribution in [0.4, 0.5) is 17.3 Å². The van der Waals surface area contributed by atoms with Crippen LogP contribution in [0.5, 0.6) is 0 Å². The van der Waals surface area contributed by atoms with Gasteiger partial charge in [0.2, 0.25) is 0 Å². The summed E-state index contributed by atoms with van der Waals surface area (Å²) >= 11 is 0. The molecular weight excluding hydrogens is 202 g/mol. The molecule has 5 heteroatoms. The minimum absolute atomic E-state index is 0.717. The Labute approximate surface area is 93.6 Å². The molecule has 0 bridgehead atoms. The first-order valence-corrected chi connectivity index (χ1v) is 4.98. The topological polar surface area (TPSA) is 70.4 Å². The number of rotatable bonds is 2.